The predicted octanol–water partition coefficient (Wildman–Crippen LogP) is 2.97. The van der Waals surface area contributed by atoms with Gasteiger partial charge < -0.3 is 0 Å². The number of allylic oxidation sites excluding steroid dienone is 4. The third kappa shape index (κ3) is 2.45. The van der Waals surface area contributed by atoms with Gasteiger partial charge in [-0.2, -0.15) is 0 Å². The van der Waals surface area contributed by atoms with Crippen LogP contribution in [0.3, 0.4) is 0 Å². The highest BCUT2D eigenvalue weighted by atomic mass is 19.1. The number of hydrogen-bond donors (Lipinski definition) is 0. The van der Waals surface area contributed by atoms with Gasteiger partial charge >= 0.3 is 0 Å². The predicted molar refractivity (Wildman–Crippen MR) is 36.8 cm³/mol. The van der Waals surface area contributed by atoms with Crippen molar-refractivity contribution in [3.05, 3.63) is 24.1 Å². The van der Waals surface area contributed by atoms with E-state index in [0.717, 1.165) is 19.3 Å². The Labute approximate surface area is 55.1 Å². The monoisotopic (exact) mass is 126 g/mol. The molecule has 0 fully saturated rings. The Kier molecular flexibility index (Phi) is 2.49. The minimum Gasteiger partial charge on any atom is -0.212 e. The van der Waals surface area contributed by atoms with Crippen LogP contribution in [0.25, 0.3) is 0 Å². The van der Waals surface area contributed by atoms with E-state index < -0.39 is 0 Å². The lowest BCUT2D eigenvalue weighted by atomic mass is 10.1. The van der Waals surface area contributed by atoms with Crippen LogP contribution in [0.5, 0.6) is 0 Å². The summed E-state index contributed by atoms with van der Waals surface area (Å²) < 4.78 is 12.4. The van der Waals surface area contributed by atoms with Crippen LogP contribution >= 0.6 is 0 Å². The lowest BCUT2D eigenvalue weighted by Crippen LogP contribution is -1.79. The molecule has 0 bridgehead atoms. The fourth-order valence-electron chi connectivity index (χ4n) is 0.908. The lowest BCUT2D eigenvalue weighted by molar-refractivity contribution is 0.561. The van der Waals surface area contributed by atoms with E-state index in [-0.39, 0.29) is 5.83 Å². The summed E-state index contributed by atoms with van der Waals surface area (Å²) in [7, 11) is 0. The third-order valence-electron chi connectivity index (χ3n) is 1.45. The van der Waals surface area contributed by atoms with Gasteiger partial charge in [0.15, 0.2) is 0 Å². The van der Waals surface area contributed by atoms with Gasteiger partial charge in [-0.25, -0.2) is 4.39 Å². The van der Waals surface area contributed by atoms with Crippen molar-refractivity contribution in [2.24, 2.45) is 0 Å². The summed E-state index contributed by atoms with van der Waals surface area (Å²) in [6.07, 6.45) is 9.21. The molecule has 0 aromatic carbocycles. The van der Waals surface area contributed by atoms with Crippen LogP contribution in [0.4, 0.5) is 4.39 Å². The normalized spacial score (nSPS) is 20.3. The highest BCUT2D eigenvalue weighted by Crippen LogP contribution is 2.12. The van der Waals surface area contributed by atoms with E-state index in [1.807, 2.05) is 6.08 Å². The molecule has 0 radical (unpaired) electrons. The van der Waals surface area contributed by atoms with Crippen molar-refractivity contribution in [1.82, 2.24) is 0 Å². The second-order valence-corrected chi connectivity index (χ2v) is 2.29. The van der Waals surface area contributed by atoms with E-state index in [4.69, 9.17) is 0 Å². The Morgan fingerprint density at radius 3 is 3.11 bits per heavy atom. The first-order valence-corrected chi connectivity index (χ1v) is 3.41. The van der Waals surface area contributed by atoms with Crippen LogP contribution in [0.15, 0.2) is 24.1 Å². The minimum atomic E-state index is 0.0194. The van der Waals surface area contributed by atoms with Gasteiger partial charge in [-0.1, -0.05) is 12.2 Å². The Hall–Kier alpha value is -0.590. The first kappa shape index (κ1) is 6.53. The Bertz CT molecular complexity index is 134. The molecule has 9 heavy (non-hydrogen) atoms. The van der Waals surface area contributed by atoms with Crippen molar-refractivity contribution >= 4 is 0 Å². The van der Waals surface area contributed by atoms with E-state index in [2.05, 4.69) is 0 Å². The number of rotatable bonds is 0. The van der Waals surface area contributed by atoms with Crippen molar-refractivity contribution in [3.8, 4) is 0 Å². The largest absolute Gasteiger partial charge is 0.212 e. The standard InChI is InChI=1S/C8H11F/c9-8-6-4-2-1-3-5-7-8/h2,4,6H,1,3,5,7H2. The molecular weight excluding hydrogens is 115 g/mol. The molecule has 0 spiro atoms. The molecule has 50 valence electrons. The second kappa shape index (κ2) is 3.44. The lowest BCUT2D eigenvalue weighted by Gasteiger charge is -1.98. The molecule has 0 atom stereocenters. The van der Waals surface area contributed by atoms with E-state index in [9.17, 15) is 4.39 Å². The maximum atomic E-state index is 12.4. The van der Waals surface area contributed by atoms with Gasteiger partial charge in [0.25, 0.3) is 0 Å². The van der Waals surface area contributed by atoms with Crippen LogP contribution in [0, 0.1) is 0 Å². The SMILES string of the molecule is FC1=CC=CCCCC1. The molecule has 0 nitrogen and oxygen atoms in total. The van der Waals surface area contributed by atoms with E-state index in [0.29, 0.717) is 6.42 Å². The van der Waals surface area contributed by atoms with Gasteiger partial charge in [0.05, 0.1) is 5.83 Å². The molecule has 1 aliphatic carbocycles. The molecule has 1 rings (SSSR count). The van der Waals surface area contributed by atoms with Crippen molar-refractivity contribution in [1.29, 1.82) is 0 Å². The van der Waals surface area contributed by atoms with Crippen molar-refractivity contribution in [2.45, 2.75) is 25.7 Å². The quantitative estimate of drug-likeness (QED) is 0.468. The molecular formula is C8H11F. The van der Waals surface area contributed by atoms with E-state index >= 15 is 0 Å². The molecule has 0 aromatic rings. The third-order valence-corrected chi connectivity index (χ3v) is 1.45. The topological polar surface area (TPSA) is 0 Å². The highest BCUT2D eigenvalue weighted by Gasteiger charge is 1.94. The minimum absolute atomic E-state index is 0.0194. The zero-order chi connectivity index (χ0) is 6.53. The first-order valence-electron chi connectivity index (χ1n) is 3.41. The summed E-state index contributed by atoms with van der Waals surface area (Å²) in [5, 5.41) is 0. The maximum absolute atomic E-state index is 12.4. The fraction of sp³-hybridized carbons (Fsp3) is 0.500. The molecule has 0 heterocycles. The zero-order valence-electron chi connectivity index (χ0n) is 5.44. The van der Waals surface area contributed by atoms with Gasteiger partial charge in [0, 0.05) is 0 Å². The molecule has 0 saturated heterocycles. The number of hydrogen-bond acceptors (Lipinski definition) is 0. The van der Waals surface area contributed by atoms with E-state index in [1.165, 1.54) is 0 Å². The van der Waals surface area contributed by atoms with Crippen molar-refractivity contribution in [3.63, 3.8) is 0 Å². The molecule has 0 aromatic heterocycles. The van der Waals surface area contributed by atoms with Crippen LogP contribution < -0.4 is 0 Å². The van der Waals surface area contributed by atoms with Gasteiger partial charge in [0.1, 0.15) is 0 Å². The van der Waals surface area contributed by atoms with Gasteiger partial charge in [0.2, 0.25) is 0 Å². The summed E-state index contributed by atoms with van der Waals surface area (Å²) in [6.45, 7) is 0. The molecule has 0 saturated carbocycles. The Morgan fingerprint density at radius 1 is 1.33 bits per heavy atom. The molecule has 1 heteroatoms. The average Bonchev–Trinajstić information content (AvgIpc) is 1.79. The molecule has 0 N–H and O–H groups in total. The highest BCUT2D eigenvalue weighted by molar-refractivity contribution is 5.08. The number of halogens is 1. The average molecular weight is 126 g/mol. The molecule has 0 aliphatic heterocycles. The van der Waals surface area contributed by atoms with Crippen molar-refractivity contribution < 1.29 is 4.39 Å². The Balaban J connectivity index is 2.48. The molecule has 1 aliphatic rings. The zero-order valence-corrected chi connectivity index (χ0v) is 5.44. The van der Waals surface area contributed by atoms with Gasteiger partial charge in [-0.15, -0.1) is 0 Å². The van der Waals surface area contributed by atoms with Crippen LogP contribution in [0.1, 0.15) is 25.7 Å². The van der Waals surface area contributed by atoms with Crippen molar-refractivity contribution in [2.75, 3.05) is 0 Å². The molecule has 0 unspecified atom stereocenters. The summed E-state index contributed by atoms with van der Waals surface area (Å²) >= 11 is 0. The Morgan fingerprint density at radius 2 is 2.22 bits per heavy atom. The summed E-state index contributed by atoms with van der Waals surface area (Å²) in [5.74, 6) is 0.0194. The smallest absolute Gasteiger partial charge is 0.0999 e. The van der Waals surface area contributed by atoms with Gasteiger partial charge in [-0.3, -0.25) is 0 Å². The first-order chi connectivity index (χ1) is 4.39. The van der Waals surface area contributed by atoms with Crippen LogP contribution in [-0.2, 0) is 0 Å². The maximum Gasteiger partial charge on any atom is 0.0999 e. The summed E-state index contributed by atoms with van der Waals surface area (Å²) in [4.78, 5) is 0. The molecule has 0 amide bonds. The second-order valence-electron chi connectivity index (χ2n) is 2.29. The summed E-state index contributed by atoms with van der Waals surface area (Å²) in [6, 6.07) is 0. The van der Waals surface area contributed by atoms with Crippen LogP contribution in [0.2, 0.25) is 0 Å². The summed E-state index contributed by atoms with van der Waals surface area (Å²) in [5.41, 5.74) is 0. The van der Waals surface area contributed by atoms with E-state index in [1.54, 1.807) is 12.2 Å². The fourth-order valence-corrected chi connectivity index (χ4v) is 0.908. The van der Waals surface area contributed by atoms with Gasteiger partial charge in [-0.05, 0) is 31.8 Å². The van der Waals surface area contributed by atoms with Crippen LogP contribution in [-0.4, -0.2) is 0 Å².